The first-order valence-corrected chi connectivity index (χ1v) is 9.33. The van der Waals surface area contributed by atoms with E-state index in [9.17, 15) is 19.7 Å². The molecule has 1 amide bonds. The van der Waals surface area contributed by atoms with E-state index in [2.05, 4.69) is 15.2 Å². The van der Waals surface area contributed by atoms with Gasteiger partial charge in [-0.15, -0.1) is 0 Å². The highest BCUT2D eigenvalue weighted by atomic mass is 16.6. The van der Waals surface area contributed by atoms with Crippen LogP contribution in [0, 0.1) is 10.1 Å². The van der Waals surface area contributed by atoms with Crippen molar-refractivity contribution in [1.29, 1.82) is 0 Å². The van der Waals surface area contributed by atoms with Gasteiger partial charge in [-0.3, -0.25) is 14.9 Å². The predicted molar refractivity (Wildman–Crippen MR) is 114 cm³/mol. The summed E-state index contributed by atoms with van der Waals surface area (Å²) in [5.41, 5.74) is 1.35. The third-order valence-electron chi connectivity index (χ3n) is 4.58. The van der Waals surface area contributed by atoms with Gasteiger partial charge in [0.1, 0.15) is 5.82 Å². The molecule has 0 fully saturated rings. The maximum Gasteiger partial charge on any atom is 0.338 e. The van der Waals surface area contributed by atoms with Gasteiger partial charge in [-0.25, -0.2) is 9.48 Å². The molecule has 32 heavy (non-hydrogen) atoms. The number of ether oxygens (including phenoxy) is 1. The summed E-state index contributed by atoms with van der Waals surface area (Å²) in [5.74, 6) is -1.13. The van der Waals surface area contributed by atoms with Crippen LogP contribution in [0.1, 0.15) is 20.7 Å². The Morgan fingerprint density at radius 1 is 1.09 bits per heavy atom. The second-order valence-corrected chi connectivity index (χ2v) is 6.65. The molecule has 4 rings (SSSR count). The third kappa shape index (κ3) is 4.10. The Hall–Kier alpha value is -4.73. The number of benzene rings is 2. The lowest BCUT2D eigenvalue weighted by molar-refractivity contribution is -0.384. The van der Waals surface area contributed by atoms with Crippen molar-refractivity contribution in [3.63, 3.8) is 0 Å². The van der Waals surface area contributed by atoms with Crippen molar-refractivity contribution >= 4 is 23.4 Å². The molecule has 2 aromatic carbocycles. The quantitative estimate of drug-likeness (QED) is 0.276. The van der Waals surface area contributed by atoms with Crippen molar-refractivity contribution in [3.8, 4) is 16.9 Å². The van der Waals surface area contributed by atoms with E-state index in [0.717, 1.165) is 19.2 Å². The van der Waals surface area contributed by atoms with Crippen molar-refractivity contribution in [2.75, 3.05) is 12.4 Å². The Kier molecular flexibility index (Phi) is 5.49. The zero-order chi connectivity index (χ0) is 22.7. The molecule has 0 bridgehead atoms. The summed E-state index contributed by atoms with van der Waals surface area (Å²) in [5, 5.41) is 18.5. The third-order valence-corrected chi connectivity index (χ3v) is 4.58. The second kappa shape index (κ2) is 8.56. The molecule has 0 spiro atoms. The van der Waals surface area contributed by atoms with Gasteiger partial charge >= 0.3 is 5.97 Å². The van der Waals surface area contributed by atoms with Crippen LogP contribution in [0.4, 0.5) is 11.5 Å². The minimum absolute atomic E-state index is 0.0785. The fourth-order valence-electron chi connectivity index (χ4n) is 3.06. The number of amides is 1. The van der Waals surface area contributed by atoms with Crippen LogP contribution in [-0.4, -0.2) is 33.7 Å². The van der Waals surface area contributed by atoms with Crippen LogP contribution in [0.15, 0.2) is 77.6 Å². The summed E-state index contributed by atoms with van der Waals surface area (Å²) >= 11 is 0. The molecule has 0 atom stereocenters. The average Bonchev–Trinajstić information content (AvgIpc) is 3.49. The van der Waals surface area contributed by atoms with Crippen LogP contribution in [0.5, 0.6) is 0 Å². The van der Waals surface area contributed by atoms with Crippen molar-refractivity contribution in [2.45, 2.75) is 0 Å². The highest BCUT2D eigenvalue weighted by Gasteiger charge is 2.20. The topological polar surface area (TPSA) is 130 Å². The maximum atomic E-state index is 13.0. The number of nitrogens with one attached hydrogen (secondary N) is 1. The maximum absolute atomic E-state index is 13.0. The van der Waals surface area contributed by atoms with Gasteiger partial charge in [-0.1, -0.05) is 18.2 Å². The van der Waals surface area contributed by atoms with Gasteiger partial charge in [-0.2, -0.15) is 5.10 Å². The Balaban J connectivity index is 1.74. The highest BCUT2D eigenvalue weighted by Crippen LogP contribution is 2.26. The molecule has 2 aromatic heterocycles. The summed E-state index contributed by atoms with van der Waals surface area (Å²) < 4.78 is 11.3. The average molecular weight is 432 g/mol. The largest absolute Gasteiger partial charge is 0.472 e. The second-order valence-electron chi connectivity index (χ2n) is 6.65. The van der Waals surface area contributed by atoms with Crippen molar-refractivity contribution < 1.29 is 23.7 Å². The molecule has 4 aromatic rings. The lowest BCUT2D eigenvalue weighted by atomic mass is 10.1. The molecule has 0 radical (unpaired) electrons. The van der Waals surface area contributed by atoms with Gasteiger partial charge in [0.25, 0.3) is 11.6 Å². The number of carbonyl (C=O) groups is 2. The normalized spacial score (nSPS) is 10.5. The van der Waals surface area contributed by atoms with Crippen molar-refractivity contribution in [1.82, 2.24) is 9.78 Å². The predicted octanol–water partition coefficient (Wildman–Crippen LogP) is 4.08. The van der Waals surface area contributed by atoms with Crippen molar-refractivity contribution in [2.24, 2.45) is 0 Å². The first-order chi connectivity index (χ1) is 15.5. The number of anilines is 1. The standard InChI is InChI=1S/C22H16N4O6/c1-31-22(28)16-9-15(10-18(11-16)26(29)30)21(27)23-20-12-19(14-7-8-32-13-14)24-25(20)17-5-3-2-4-6-17/h2-13H,1H3,(H,23,27). The number of carbonyl (C=O) groups excluding carboxylic acids is 2. The van der Waals surface area contributed by atoms with E-state index in [-0.39, 0.29) is 11.1 Å². The Morgan fingerprint density at radius 2 is 1.84 bits per heavy atom. The van der Waals surface area contributed by atoms with E-state index in [1.165, 1.54) is 23.3 Å². The highest BCUT2D eigenvalue weighted by molar-refractivity contribution is 6.06. The van der Waals surface area contributed by atoms with Gasteiger partial charge in [0.15, 0.2) is 0 Å². The lowest BCUT2D eigenvalue weighted by Gasteiger charge is -2.09. The number of nitrogens with zero attached hydrogens (tertiary/aromatic N) is 3. The van der Waals surface area contributed by atoms with Crippen molar-refractivity contribution in [3.05, 3.63) is 94.4 Å². The summed E-state index contributed by atoms with van der Waals surface area (Å²) in [6.45, 7) is 0. The monoisotopic (exact) mass is 432 g/mol. The number of furan rings is 1. The minimum Gasteiger partial charge on any atom is -0.472 e. The summed E-state index contributed by atoms with van der Waals surface area (Å²) in [6, 6.07) is 15.9. The van der Waals surface area contributed by atoms with E-state index in [1.54, 1.807) is 12.1 Å². The first kappa shape index (κ1) is 20.5. The number of methoxy groups -OCH3 is 1. The number of aromatic nitrogens is 2. The smallest absolute Gasteiger partial charge is 0.338 e. The molecule has 0 saturated heterocycles. The fourth-order valence-corrected chi connectivity index (χ4v) is 3.06. The lowest BCUT2D eigenvalue weighted by Crippen LogP contribution is -2.16. The van der Waals surface area contributed by atoms with Crippen LogP contribution >= 0.6 is 0 Å². The number of esters is 1. The molecule has 160 valence electrons. The van der Waals surface area contributed by atoms with E-state index in [0.29, 0.717) is 22.8 Å². The summed E-state index contributed by atoms with van der Waals surface area (Å²) in [6.07, 6.45) is 3.03. The molecule has 10 nitrogen and oxygen atoms in total. The summed E-state index contributed by atoms with van der Waals surface area (Å²) in [4.78, 5) is 35.5. The molecule has 0 aliphatic heterocycles. The Morgan fingerprint density at radius 3 is 2.50 bits per heavy atom. The van der Waals surface area contributed by atoms with Gasteiger partial charge in [-0.05, 0) is 24.3 Å². The molecule has 0 aliphatic carbocycles. The van der Waals surface area contributed by atoms with E-state index in [4.69, 9.17) is 4.42 Å². The molecule has 2 heterocycles. The molecule has 0 saturated carbocycles. The fraction of sp³-hybridized carbons (Fsp3) is 0.0455. The van der Waals surface area contributed by atoms with Gasteiger partial charge < -0.3 is 14.5 Å². The summed E-state index contributed by atoms with van der Waals surface area (Å²) in [7, 11) is 1.15. The zero-order valence-electron chi connectivity index (χ0n) is 16.7. The molecule has 1 N–H and O–H groups in total. The van der Waals surface area contributed by atoms with Gasteiger partial charge in [0.05, 0.1) is 41.5 Å². The number of hydrogen-bond donors (Lipinski definition) is 1. The molecule has 0 unspecified atom stereocenters. The Bertz CT molecular complexity index is 1300. The number of rotatable bonds is 6. The Labute approximate surface area is 181 Å². The van der Waals surface area contributed by atoms with Crippen LogP contribution in [-0.2, 0) is 4.74 Å². The molecular weight excluding hydrogens is 416 g/mol. The minimum atomic E-state index is -0.792. The number of nitro benzene ring substituents is 1. The number of nitro groups is 1. The number of non-ortho nitro benzene ring substituents is 1. The molecule has 10 heteroatoms. The zero-order valence-corrected chi connectivity index (χ0v) is 16.7. The van der Waals surface area contributed by atoms with Gasteiger partial charge in [0.2, 0.25) is 0 Å². The number of para-hydroxylation sites is 1. The van der Waals surface area contributed by atoms with E-state index >= 15 is 0 Å². The van der Waals surface area contributed by atoms with E-state index in [1.807, 2.05) is 30.3 Å². The van der Waals surface area contributed by atoms with Gasteiger partial charge in [0, 0.05) is 29.3 Å². The SMILES string of the molecule is COC(=O)c1cc(C(=O)Nc2cc(-c3ccoc3)nn2-c2ccccc2)cc([N+](=O)[O-])c1. The van der Waals surface area contributed by atoms with Crippen LogP contribution in [0.2, 0.25) is 0 Å². The van der Waals surface area contributed by atoms with Crippen LogP contribution < -0.4 is 5.32 Å². The van der Waals surface area contributed by atoms with Crippen LogP contribution in [0.25, 0.3) is 16.9 Å². The first-order valence-electron chi connectivity index (χ1n) is 9.33. The van der Waals surface area contributed by atoms with Crippen LogP contribution in [0.3, 0.4) is 0 Å². The number of hydrogen-bond acceptors (Lipinski definition) is 7. The van der Waals surface area contributed by atoms with E-state index < -0.39 is 22.5 Å². The molecular formula is C22H16N4O6. The molecule has 0 aliphatic rings.